The van der Waals surface area contributed by atoms with Gasteiger partial charge in [-0.15, -0.1) is 0 Å². The Balaban J connectivity index is 3.00. The van der Waals surface area contributed by atoms with E-state index in [4.69, 9.17) is 10.8 Å². The predicted octanol–water partition coefficient (Wildman–Crippen LogP) is 0.0560. The van der Waals surface area contributed by atoms with Gasteiger partial charge in [0.2, 0.25) is 15.9 Å². The van der Waals surface area contributed by atoms with Crippen molar-refractivity contribution >= 4 is 37.8 Å². The van der Waals surface area contributed by atoms with E-state index in [0.717, 1.165) is 0 Å². The van der Waals surface area contributed by atoms with Crippen LogP contribution in [-0.4, -0.2) is 31.4 Å². The highest BCUT2D eigenvalue weighted by Crippen LogP contribution is 2.16. The Kier molecular flexibility index (Phi) is 5.04. The van der Waals surface area contributed by atoms with E-state index in [1.54, 1.807) is 6.07 Å². The molecule has 0 aliphatic heterocycles. The van der Waals surface area contributed by atoms with E-state index in [-0.39, 0.29) is 4.90 Å². The molecule has 1 amide bonds. The number of carbonyl (C=O) groups excluding carboxylic acids is 1. The Bertz CT molecular complexity index is 602. The number of primary amides is 1. The quantitative estimate of drug-likeness (QED) is 0.668. The first-order chi connectivity index (χ1) is 8.72. The monoisotopic (exact) mass is 350 g/mol. The fourth-order valence-electron chi connectivity index (χ4n) is 1.27. The van der Waals surface area contributed by atoms with Gasteiger partial charge in [-0.05, 0) is 18.2 Å². The number of benzene rings is 1. The van der Waals surface area contributed by atoms with Crippen molar-refractivity contribution in [1.29, 1.82) is 0 Å². The maximum Gasteiger partial charge on any atom is 0.322 e. The van der Waals surface area contributed by atoms with Crippen LogP contribution in [-0.2, 0) is 19.6 Å². The van der Waals surface area contributed by atoms with Crippen LogP contribution in [0, 0.1) is 0 Å². The number of aliphatic carboxylic acids is 1. The van der Waals surface area contributed by atoms with Gasteiger partial charge in [0.15, 0.2) is 0 Å². The SMILES string of the molecule is NC(=O)C[C@H](NS(=O)(=O)c1cccc(Br)c1)C(=O)O. The number of nitrogens with two attached hydrogens (primary N) is 1. The summed E-state index contributed by atoms with van der Waals surface area (Å²) >= 11 is 3.11. The number of sulfonamides is 1. The van der Waals surface area contributed by atoms with Gasteiger partial charge in [0.25, 0.3) is 0 Å². The molecule has 9 heteroatoms. The minimum atomic E-state index is -4.04. The summed E-state index contributed by atoms with van der Waals surface area (Å²) in [5.41, 5.74) is 4.87. The molecule has 0 aliphatic carbocycles. The lowest BCUT2D eigenvalue weighted by Gasteiger charge is -2.13. The highest BCUT2D eigenvalue weighted by Gasteiger charge is 2.26. The highest BCUT2D eigenvalue weighted by atomic mass is 79.9. The third-order valence-electron chi connectivity index (χ3n) is 2.11. The summed E-state index contributed by atoms with van der Waals surface area (Å²) in [5.74, 6) is -2.39. The van der Waals surface area contributed by atoms with Crippen molar-refractivity contribution in [2.75, 3.05) is 0 Å². The lowest BCUT2D eigenvalue weighted by molar-refractivity contribution is -0.140. The summed E-state index contributed by atoms with van der Waals surface area (Å²) in [6, 6.07) is 4.13. The number of carbonyl (C=O) groups is 2. The van der Waals surface area contributed by atoms with E-state index in [9.17, 15) is 18.0 Å². The van der Waals surface area contributed by atoms with E-state index in [1.165, 1.54) is 18.2 Å². The zero-order valence-electron chi connectivity index (χ0n) is 9.54. The van der Waals surface area contributed by atoms with Gasteiger partial charge in [0.1, 0.15) is 6.04 Å². The molecule has 19 heavy (non-hydrogen) atoms. The molecule has 1 aromatic rings. The van der Waals surface area contributed by atoms with Crippen molar-refractivity contribution in [1.82, 2.24) is 4.72 Å². The molecule has 0 radical (unpaired) electrons. The Morgan fingerprint density at radius 2 is 2.05 bits per heavy atom. The third kappa shape index (κ3) is 4.62. The van der Waals surface area contributed by atoms with Crippen molar-refractivity contribution in [2.45, 2.75) is 17.4 Å². The normalized spacial score (nSPS) is 12.9. The minimum absolute atomic E-state index is 0.113. The van der Waals surface area contributed by atoms with E-state index >= 15 is 0 Å². The molecule has 0 aromatic heterocycles. The zero-order chi connectivity index (χ0) is 14.6. The van der Waals surface area contributed by atoms with Crippen LogP contribution in [0.3, 0.4) is 0 Å². The highest BCUT2D eigenvalue weighted by molar-refractivity contribution is 9.10. The van der Waals surface area contributed by atoms with Crippen LogP contribution in [0.25, 0.3) is 0 Å². The number of nitrogens with one attached hydrogen (secondary N) is 1. The molecular formula is C10H11BrN2O5S. The molecule has 0 spiro atoms. The molecule has 104 valence electrons. The number of halogens is 1. The van der Waals surface area contributed by atoms with Gasteiger partial charge in [0, 0.05) is 4.47 Å². The average molecular weight is 351 g/mol. The van der Waals surface area contributed by atoms with Gasteiger partial charge in [0.05, 0.1) is 11.3 Å². The first-order valence-electron chi connectivity index (χ1n) is 5.01. The van der Waals surface area contributed by atoms with E-state index in [1.807, 2.05) is 4.72 Å². The number of carboxylic acid groups (broad SMARTS) is 1. The Labute approximate surface area is 118 Å². The standard InChI is InChI=1S/C10H11BrN2O5S/c11-6-2-1-3-7(4-6)19(17,18)13-8(10(15)16)5-9(12)14/h1-4,8,13H,5H2,(H2,12,14)(H,15,16)/t8-/m0/s1. The van der Waals surface area contributed by atoms with Gasteiger partial charge in [-0.1, -0.05) is 22.0 Å². The summed E-state index contributed by atoms with van der Waals surface area (Å²) in [6.07, 6.45) is -0.622. The number of hydrogen-bond acceptors (Lipinski definition) is 4. The summed E-state index contributed by atoms with van der Waals surface area (Å²) in [5, 5.41) is 8.84. The molecule has 7 nitrogen and oxygen atoms in total. The predicted molar refractivity (Wildman–Crippen MR) is 69.7 cm³/mol. The number of rotatable bonds is 6. The van der Waals surface area contributed by atoms with Crippen molar-refractivity contribution < 1.29 is 23.1 Å². The van der Waals surface area contributed by atoms with Crippen molar-refractivity contribution in [3.63, 3.8) is 0 Å². The number of carboxylic acids is 1. The fraction of sp³-hybridized carbons (Fsp3) is 0.200. The molecule has 0 saturated heterocycles. The van der Waals surface area contributed by atoms with Crippen LogP contribution in [0.1, 0.15) is 6.42 Å². The zero-order valence-corrected chi connectivity index (χ0v) is 11.9. The lowest BCUT2D eigenvalue weighted by Crippen LogP contribution is -2.43. The van der Waals surface area contributed by atoms with Crippen LogP contribution >= 0.6 is 15.9 Å². The summed E-state index contributed by atoms with van der Waals surface area (Å²) in [4.78, 5) is 21.5. The smallest absolute Gasteiger partial charge is 0.322 e. The first kappa shape index (κ1) is 15.6. The van der Waals surface area contributed by atoms with Crippen molar-refractivity contribution in [3.8, 4) is 0 Å². The first-order valence-corrected chi connectivity index (χ1v) is 7.29. The maximum atomic E-state index is 11.9. The van der Waals surface area contributed by atoms with E-state index in [2.05, 4.69) is 15.9 Å². The van der Waals surface area contributed by atoms with Crippen molar-refractivity contribution in [3.05, 3.63) is 28.7 Å². The van der Waals surface area contributed by atoms with Gasteiger partial charge in [-0.2, -0.15) is 4.72 Å². The molecule has 0 saturated carbocycles. The third-order valence-corrected chi connectivity index (χ3v) is 4.07. The topological polar surface area (TPSA) is 127 Å². The van der Waals surface area contributed by atoms with Gasteiger partial charge in [-0.25, -0.2) is 8.42 Å². The summed E-state index contributed by atoms with van der Waals surface area (Å²) < 4.78 is 26.3. The largest absolute Gasteiger partial charge is 0.480 e. The molecule has 0 heterocycles. The second-order valence-electron chi connectivity index (χ2n) is 3.64. The molecule has 0 aliphatic rings. The Morgan fingerprint density at radius 1 is 1.42 bits per heavy atom. The van der Waals surface area contributed by atoms with Crippen LogP contribution in [0.15, 0.2) is 33.6 Å². The second kappa shape index (κ2) is 6.13. The van der Waals surface area contributed by atoms with E-state index in [0.29, 0.717) is 4.47 Å². The summed E-state index contributed by atoms with van der Waals surface area (Å²) in [7, 11) is -4.04. The van der Waals surface area contributed by atoms with Gasteiger partial charge in [-0.3, -0.25) is 9.59 Å². The van der Waals surface area contributed by atoms with Crippen LogP contribution < -0.4 is 10.5 Å². The van der Waals surface area contributed by atoms with Gasteiger partial charge >= 0.3 is 5.97 Å². The second-order valence-corrected chi connectivity index (χ2v) is 6.27. The molecule has 0 unspecified atom stereocenters. The van der Waals surface area contributed by atoms with Crippen LogP contribution in [0.4, 0.5) is 0 Å². The summed E-state index contributed by atoms with van der Waals surface area (Å²) in [6.45, 7) is 0. The van der Waals surface area contributed by atoms with E-state index < -0.39 is 34.4 Å². The molecule has 0 bridgehead atoms. The molecule has 1 atom stereocenters. The maximum absolute atomic E-state index is 11.9. The molecule has 0 fully saturated rings. The van der Waals surface area contributed by atoms with Crippen LogP contribution in [0.5, 0.6) is 0 Å². The molecule has 4 N–H and O–H groups in total. The molecule has 1 aromatic carbocycles. The fourth-order valence-corrected chi connectivity index (χ4v) is 3.06. The average Bonchev–Trinajstić information content (AvgIpc) is 2.27. The molecular weight excluding hydrogens is 340 g/mol. The minimum Gasteiger partial charge on any atom is -0.480 e. The lowest BCUT2D eigenvalue weighted by atomic mass is 10.2. The Morgan fingerprint density at radius 3 is 2.53 bits per heavy atom. The van der Waals surface area contributed by atoms with Crippen LogP contribution in [0.2, 0.25) is 0 Å². The molecule has 1 rings (SSSR count). The Hall–Kier alpha value is -1.45. The number of amides is 1. The number of hydrogen-bond donors (Lipinski definition) is 3. The van der Waals surface area contributed by atoms with Gasteiger partial charge < -0.3 is 10.8 Å². The van der Waals surface area contributed by atoms with Crippen molar-refractivity contribution in [2.24, 2.45) is 5.73 Å².